The van der Waals surface area contributed by atoms with Gasteiger partial charge in [0.25, 0.3) is 5.91 Å². The van der Waals surface area contributed by atoms with Gasteiger partial charge in [0.1, 0.15) is 12.4 Å². The maximum atomic E-state index is 13.4. The molecule has 0 fully saturated rings. The summed E-state index contributed by atoms with van der Waals surface area (Å²) in [5.74, 6) is -4.99. The highest BCUT2D eigenvalue weighted by Gasteiger charge is 2.21. The summed E-state index contributed by atoms with van der Waals surface area (Å²) in [6.45, 7) is 1.67. The number of primary amides is 1. The molecule has 1 heterocycles. The molecule has 0 aliphatic rings. The Morgan fingerprint density at radius 1 is 1.25 bits per heavy atom. The quantitative estimate of drug-likeness (QED) is 0.391. The van der Waals surface area contributed by atoms with Crippen LogP contribution < -0.4 is 11.1 Å². The number of amides is 2. The summed E-state index contributed by atoms with van der Waals surface area (Å²) >= 11 is 5.78. The molecular formula is C17H17ClF2N4O4. The van der Waals surface area contributed by atoms with Crippen LogP contribution in [0, 0.1) is 11.6 Å². The highest BCUT2D eigenvalue weighted by atomic mass is 35.5. The average Bonchev–Trinajstić information content (AvgIpc) is 3.00. The minimum Gasteiger partial charge on any atom is -0.461 e. The summed E-state index contributed by atoms with van der Waals surface area (Å²) < 4.78 is 32.6. The van der Waals surface area contributed by atoms with E-state index in [0.29, 0.717) is 18.6 Å². The second kappa shape index (κ2) is 9.27. The Hall–Kier alpha value is -3.01. The molecule has 3 N–H and O–H groups in total. The van der Waals surface area contributed by atoms with Gasteiger partial charge in [-0.2, -0.15) is 5.10 Å². The normalized spacial score (nSPS) is 10.6. The van der Waals surface area contributed by atoms with Crippen molar-refractivity contribution in [3.63, 3.8) is 0 Å². The lowest BCUT2D eigenvalue weighted by Crippen LogP contribution is -2.23. The highest BCUT2D eigenvalue weighted by molar-refractivity contribution is 6.34. The van der Waals surface area contributed by atoms with E-state index in [1.54, 1.807) is 0 Å². The Morgan fingerprint density at radius 2 is 1.93 bits per heavy atom. The van der Waals surface area contributed by atoms with Gasteiger partial charge in [-0.1, -0.05) is 24.9 Å². The molecule has 0 saturated heterocycles. The van der Waals surface area contributed by atoms with Crippen molar-refractivity contribution in [3.05, 3.63) is 46.1 Å². The van der Waals surface area contributed by atoms with Crippen LogP contribution in [0.3, 0.4) is 0 Å². The zero-order valence-electron chi connectivity index (χ0n) is 14.8. The highest BCUT2D eigenvalue weighted by Crippen LogP contribution is 2.22. The zero-order chi connectivity index (χ0) is 20.8. The third-order valence-electron chi connectivity index (χ3n) is 3.52. The molecular weight excluding hydrogens is 398 g/mol. The number of hydrogen-bond acceptors (Lipinski definition) is 5. The molecule has 2 rings (SSSR count). The predicted octanol–water partition coefficient (Wildman–Crippen LogP) is 2.51. The second-order valence-electron chi connectivity index (χ2n) is 5.73. The molecule has 2 aromatic rings. The number of anilines is 1. The van der Waals surface area contributed by atoms with Gasteiger partial charge >= 0.3 is 5.97 Å². The number of unbranched alkanes of at least 4 members (excludes halogenated alkanes) is 1. The van der Waals surface area contributed by atoms with Gasteiger partial charge in [0.15, 0.2) is 17.3 Å². The van der Waals surface area contributed by atoms with E-state index in [2.05, 4.69) is 10.4 Å². The standard InChI is InChI=1S/C17H17ClF2N4O4/c1-2-3-4-28-17(27)13-7-15(24(23-13)8-14(21)25)22-16(26)9-5-11(19)12(20)6-10(9)18/h5-7H,2-4,8H2,1H3,(H2,21,25)(H,22,26). The number of ether oxygens (including phenoxy) is 1. The van der Waals surface area contributed by atoms with E-state index in [0.717, 1.165) is 11.1 Å². The van der Waals surface area contributed by atoms with Gasteiger partial charge in [0.2, 0.25) is 5.91 Å². The van der Waals surface area contributed by atoms with Gasteiger partial charge in [-0.15, -0.1) is 0 Å². The maximum absolute atomic E-state index is 13.4. The summed E-state index contributed by atoms with van der Waals surface area (Å²) in [7, 11) is 0. The topological polar surface area (TPSA) is 116 Å². The minimum absolute atomic E-state index is 0.0768. The molecule has 0 unspecified atom stereocenters. The predicted molar refractivity (Wildman–Crippen MR) is 95.9 cm³/mol. The van der Waals surface area contributed by atoms with E-state index in [4.69, 9.17) is 22.1 Å². The molecule has 1 aromatic heterocycles. The van der Waals surface area contributed by atoms with Gasteiger partial charge in [-0.3, -0.25) is 9.59 Å². The number of carbonyl (C=O) groups excluding carboxylic acids is 3. The number of aromatic nitrogens is 2. The molecule has 0 atom stereocenters. The van der Waals surface area contributed by atoms with Crippen molar-refractivity contribution in [1.29, 1.82) is 0 Å². The lowest BCUT2D eigenvalue weighted by Gasteiger charge is -2.08. The molecule has 0 bridgehead atoms. The van der Waals surface area contributed by atoms with Crippen molar-refractivity contribution in [2.45, 2.75) is 26.3 Å². The Balaban J connectivity index is 2.27. The molecule has 2 amide bonds. The van der Waals surface area contributed by atoms with Crippen molar-refractivity contribution < 1.29 is 27.9 Å². The summed E-state index contributed by atoms with van der Waals surface area (Å²) in [4.78, 5) is 35.6. The number of hydrogen-bond donors (Lipinski definition) is 2. The largest absolute Gasteiger partial charge is 0.461 e. The van der Waals surface area contributed by atoms with Gasteiger partial charge in [0.05, 0.1) is 17.2 Å². The molecule has 28 heavy (non-hydrogen) atoms. The third kappa shape index (κ3) is 5.26. The first-order valence-electron chi connectivity index (χ1n) is 8.22. The smallest absolute Gasteiger partial charge is 0.358 e. The molecule has 8 nitrogen and oxygen atoms in total. The Bertz CT molecular complexity index is 917. The van der Waals surface area contributed by atoms with Crippen LogP contribution in [0.4, 0.5) is 14.6 Å². The van der Waals surface area contributed by atoms with Crippen LogP contribution in [0.1, 0.15) is 40.6 Å². The molecule has 0 spiro atoms. The molecule has 1 aromatic carbocycles. The number of nitrogens with two attached hydrogens (primary N) is 1. The van der Waals surface area contributed by atoms with Gasteiger partial charge in [0, 0.05) is 6.07 Å². The molecule has 0 aliphatic heterocycles. The van der Waals surface area contributed by atoms with Gasteiger partial charge in [-0.05, 0) is 18.6 Å². The van der Waals surface area contributed by atoms with E-state index in [1.165, 1.54) is 6.07 Å². The lowest BCUT2D eigenvalue weighted by atomic mass is 10.2. The van der Waals surface area contributed by atoms with E-state index >= 15 is 0 Å². The van der Waals surface area contributed by atoms with Crippen molar-refractivity contribution in [3.8, 4) is 0 Å². The summed E-state index contributed by atoms with van der Waals surface area (Å²) in [6.07, 6.45) is 1.48. The number of halogens is 3. The maximum Gasteiger partial charge on any atom is 0.358 e. The van der Waals surface area contributed by atoms with Crippen LogP contribution in [0.5, 0.6) is 0 Å². The fraction of sp³-hybridized carbons (Fsp3) is 0.294. The Morgan fingerprint density at radius 3 is 2.57 bits per heavy atom. The van der Waals surface area contributed by atoms with Crippen molar-refractivity contribution in [1.82, 2.24) is 9.78 Å². The first-order chi connectivity index (χ1) is 13.2. The molecule has 0 saturated carbocycles. The van der Waals surface area contributed by atoms with E-state index < -0.39 is 36.0 Å². The monoisotopic (exact) mass is 414 g/mol. The number of carbonyl (C=O) groups is 3. The summed E-state index contributed by atoms with van der Waals surface area (Å²) in [5, 5.41) is 5.90. The van der Waals surface area contributed by atoms with Gasteiger partial charge < -0.3 is 15.8 Å². The number of rotatable bonds is 8. The minimum atomic E-state index is -1.26. The van der Waals surface area contributed by atoms with Gasteiger partial charge in [-0.25, -0.2) is 18.3 Å². The van der Waals surface area contributed by atoms with Crippen molar-refractivity contribution >= 4 is 35.2 Å². The molecule has 11 heteroatoms. The first kappa shape index (κ1) is 21.3. The third-order valence-corrected chi connectivity index (χ3v) is 3.83. The summed E-state index contributed by atoms with van der Waals surface area (Å²) in [5.41, 5.74) is 4.63. The van der Waals surface area contributed by atoms with Crippen LogP contribution in [0.15, 0.2) is 18.2 Å². The summed E-state index contributed by atoms with van der Waals surface area (Å²) in [6, 6.07) is 2.45. The average molecular weight is 415 g/mol. The van der Waals surface area contributed by atoms with E-state index in [1.807, 2.05) is 6.92 Å². The SMILES string of the molecule is CCCCOC(=O)c1cc(NC(=O)c2cc(F)c(F)cc2Cl)n(CC(N)=O)n1. The van der Waals surface area contributed by atoms with Crippen LogP contribution in [-0.4, -0.2) is 34.2 Å². The zero-order valence-corrected chi connectivity index (χ0v) is 15.6. The number of esters is 1. The fourth-order valence-corrected chi connectivity index (χ4v) is 2.38. The number of nitrogens with one attached hydrogen (secondary N) is 1. The van der Waals surface area contributed by atoms with Crippen molar-refractivity contribution in [2.75, 3.05) is 11.9 Å². The fourth-order valence-electron chi connectivity index (χ4n) is 2.15. The second-order valence-corrected chi connectivity index (χ2v) is 6.14. The number of nitrogens with zero attached hydrogens (tertiary/aromatic N) is 2. The van der Waals surface area contributed by atoms with Crippen LogP contribution >= 0.6 is 11.6 Å². The van der Waals surface area contributed by atoms with E-state index in [9.17, 15) is 23.2 Å². The Labute approximate surface area is 163 Å². The van der Waals surface area contributed by atoms with Crippen LogP contribution in [0.2, 0.25) is 5.02 Å². The van der Waals surface area contributed by atoms with Crippen molar-refractivity contribution in [2.24, 2.45) is 5.73 Å². The van der Waals surface area contributed by atoms with Crippen LogP contribution in [0.25, 0.3) is 0 Å². The molecule has 150 valence electrons. The van der Waals surface area contributed by atoms with E-state index in [-0.39, 0.29) is 28.7 Å². The van der Waals surface area contributed by atoms with Crippen LogP contribution in [-0.2, 0) is 16.1 Å². The Kier molecular flexibility index (Phi) is 7.05. The molecule has 0 aliphatic carbocycles. The lowest BCUT2D eigenvalue weighted by molar-refractivity contribution is -0.118. The number of benzene rings is 1. The first-order valence-corrected chi connectivity index (χ1v) is 8.59. The molecule has 0 radical (unpaired) electrons.